The molecule has 1 aliphatic heterocycles. The minimum atomic E-state index is -4.88. The van der Waals surface area contributed by atoms with E-state index >= 15 is 0 Å². The van der Waals surface area contributed by atoms with E-state index in [4.69, 9.17) is 9.47 Å². The van der Waals surface area contributed by atoms with Crippen molar-refractivity contribution in [1.82, 2.24) is 4.90 Å². The maximum Gasteiger partial charge on any atom is 0.416 e. The van der Waals surface area contributed by atoms with Crippen molar-refractivity contribution in [2.45, 2.75) is 43.8 Å². The van der Waals surface area contributed by atoms with Crippen LogP contribution in [0.2, 0.25) is 0 Å². The molecule has 1 aliphatic carbocycles. The van der Waals surface area contributed by atoms with Gasteiger partial charge in [-0.3, -0.25) is 4.90 Å². The van der Waals surface area contributed by atoms with Crippen LogP contribution in [0.15, 0.2) is 48.5 Å². The van der Waals surface area contributed by atoms with E-state index in [-0.39, 0.29) is 36.2 Å². The summed E-state index contributed by atoms with van der Waals surface area (Å²) in [7, 11) is 0. The zero-order valence-electron chi connectivity index (χ0n) is 18.5. The summed E-state index contributed by atoms with van der Waals surface area (Å²) in [6.07, 6.45) is -8.48. The van der Waals surface area contributed by atoms with Crippen LogP contribution in [0.3, 0.4) is 0 Å². The van der Waals surface area contributed by atoms with Gasteiger partial charge in [0.15, 0.2) is 0 Å². The highest BCUT2D eigenvalue weighted by atomic mass is 19.4. The summed E-state index contributed by atoms with van der Waals surface area (Å²) in [4.78, 5) is 2.34. The normalized spacial score (nSPS) is 24.5. The molecule has 3 atom stereocenters. The maximum absolute atomic E-state index is 13.2. The molecule has 0 unspecified atom stereocenters. The van der Waals surface area contributed by atoms with Gasteiger partial charge in [-0.15, -0.1) is 0 Å². The van der Waals surface area contributed by atoms with Crippen LogP contribution in [-0.2, 0) is 28.4 Å². The number of alkyl halides is 6. The monoisotopic (exact) mass is 487 g/mol. The Kier molecular flexibility index (Phi) is 7.54. The lowest BCUT2D eigenvalue weighted by atomic mass is 9.87. The fourth-order valence-electron chi connectivity index (χ4n) is 5.02. The van der Waals surface area contributed by atoms with E-state index < -0.39 is 23.5 Å². The topological polar surface area (TPSA) is 21.7 Å². The Morgan fingerprint density at radius 3 is 2.06 bits per heavy atom. The molecule has 1 saturated carbocycles. The first kappa shape index (κ1) is 25.0. The third kappa shape index (κ3) is 6.12. The number of benzene rings is 2. The van der Waals surface area contributed by atoms with Gasteiger partial charge in [0, 0.05) is 25.6 Å². The smallest absolute Gasteiger partial charge is 0.379 e. The van der Waals surface area contributed by atoms with Gasteiger partial charge >= 0.3 is 12.4 Å². The van der Waals surface area contributed by atoms with Crippen molar-refractivity contribution in [3.8, 4) is 0 Å². The standard InChI is InChI=1S/C25H27F6NO2/c26-24(27,28)20-12-17(13-21(14-20)25(29,30)31)16-34-22-7-6-19(15-32-8-10-33-11-9-32)23(22)18-4-2-1-3-5-18/h1-5,12-14,19,22-23H,6-11,15-16H2/t19-,22-,23-/m0/s1. The van der Waals surface area contributed by atoms with Crippen LogP contribution in [0, 0.1) is 5.92 Å². The Labute approximate surface area is 194 Å². The molecule has 4 rings (SSSR count). The van der Waals surface area contributed by atoms with Crippen LogP contribution in [-0.4, -0.2) is 43.9 Å². The fraction of sp³-hybridized carbons (Fsp3) is 0.520. The Morgan fingerprint density at radius 2 is 1.47 bits per heavy atom. The van der Waals surface area contributed by atoms with E-state index in [0.29, 0.717) is 19.6 Å². The number of nitrogens with zero attached hydrogens (tertiary/aromatic N) is 1. The second-order valence-corrected chi connectivity index (χ2v) is 8.95. The van der Waals surface area contributed by atoms with E-state index in [1.54, 1.807) is 0 Å². The molecular weight excluding hydrogens is 460 g/mol. The molecule has 1 heterocycles. The second-order valence-electron chi connectivity index (χ2n) is 8.95. The molecule has 186 valence electrons. The molecule has 1 saturated heterocycles. The molecule has 9 heteroatoms. The zero-order chi connectivity index (χ0) is 24.3. The van der Waals surface area contributed by atoms with E-state index in [1.165, 1.54) is 0 Å². The van der Waals surface area contributed by atoms with Gasteiger partial charge < -0.3 is 9.47 Å². The van der Waals surface area contributed by atoms with Gasteiger partial charge in [-0.05, 0) is 48.1 Å². The van der Waals surface area contributed by atoms with Crippen molar-refractivity contribution >= 4 is 0 Å². The van der Waals surface area contributed by atoms with Crippen LogP contribution < -0.4 is 0 Å². The van der Waals surface area contributed by atoms with Crippen molar-refractivity contribution in [1.29, 1.82) is 0 Å². The van der Waals surface area contributed by atoms with Gasteiger partial charge in [0.1, 0.15) is 0 Å². The summed E-state index contributed by atoms with van der Waals surface area (Å²) in [6, 6.07) is 11.4. The third-order valence-electron chi connectivity index (χ3n) is 6.62. The number of hydrogen-bond donors (Lipinski definition) is 0. The molecule has 2 aromatic rings. The van der Waals surface area contributed by atoms with Crippen molar-refractivity contribution in [3.05, 3.63) is 70.8 Å². The summed E-state index contributed by atoms with van der Waals surface area (Å²) >= 11 is 0. The first-order valence-electron chi connectivity index (χ1n) is 11.4. The van der Waals surface area contributed by atoms with Gasteiger partial charge in [-0.1, -0.05) is 30.3 Å². The lowest BCUT2D eigenvalue weighted by molar-refractivity contribution is -0.143. The lowest BCUT2D eigenvalue weighted by Gasteiger charge is -2.32. The van der Waals surface area contributed by atoms with Crippen molar-refractivity contribution in [2.75, 3.05) is 32.8 Å². The first-order valence-corrected chi connectivity index (χ1v) is 11.4. The van der Waals surface area contributed by atoms with Crippen molar-refractivity contribution in [2.24, 2.45) is 5.92 Å². The molecule has 0 spiro atoms. The summed E-state index contributed by atoms with van der Waals surface area (Å²) in [6.45, 7) is 3.58. The van der Waals surface area contributed by atoms with Gasteiger partial charge in [-0.2, -0.15) is 26.3 Å². The number of rotatable bonds is 6. The van der Waals surface area contributed by atoms with Gasteiger partial charge in [0.05, 0.1) is 37.1 Å². The summed E-state index contributed by atoms with van der Waals surface area (Å²) in [5.74, 6) is 0.287. The minimum absolute atomic E-state index is 0.0110. The highest BCUT2D eigenvalue weighted by molar-refractivity contribution is 5.33. The predicted molar refractivity (Wildman–Crippen MR) is 114 cm³/mol. The highest BCUT2D eigenvalue weighted by Gasteiger charge is 2.40. The summed E-state index contributed by atoms with van der Waals surface area (Å²) in [5, 5.41) is 0. The number of halogens is 6. The largest absolute Gasteiger partial charge is 0.416 e. The third-order valence-corrected chi connectivity index (χ3v) is 6.62. The second kappa shape index (κ2) is 10.3. The Balaban J connectivity index is 1.53. The number of hydrogen-bond acceptors (Lipinski definition) is 3. The van der Waals surface area contributed by atoms with E-state index in [9.17, 15) is 26.3 Å². The molecule has 0 radical (unpaired) electrons. The predicted octanol–water partition coefficient (Wildman–Crippen LogP) is 6.14. The van der Waals surface area contributed by atoms with Crippen molar-refractivity contribution < 1.29 is 35.8 Å². The van der Waals surface area contributed by atoms with Crippen LogP contribution >= 0.6 is 0 Å². The van der Waals surface area contributed by atoms with Crippen LogP contribution in [0.4, 0.5) is 26.3 Å². The average Bonchev–Trinajstić information content (AvgIpc) is 3.20. The fourth-order valence-corrected chi connectivity index (χ4v) is 5.02. The molecule has 0 aromatic heterocycles. The Bertz CT molecular complexity index is 908. The van der Waals surface area contributed by atoms with Gasteiger partial charge in [-0.25, -0.2) is 0 Å². The SMILES string of the molecule is FC(F)(F)c1cc(CO[C@H]2CC[C@@H](CN3CCOCC3)[C@@H]2c2ccccc2)cc(C(F)(F)F)c1. The molecular formula is C25H27F6NO2. The Morgan fingerprint density at radius 1 is 0.853 bits per heavy atom. The quantitative estimate of drug-likeness (QED) is 0.458. The summed E-state index contributed by atoms with van der Waals surface area (Å²) in [5.41, 5.74) is -1.71. The molecule has 34 heavy (non-hydrogen) atoms. The highest BCUT2D eigenvalue weighted by Crippen LogP contribution is 2.43. The van der Waals surface area contributed by atoms with Crippen molar-refractivity contribution in [3.63, 3.8) is 0 Å². The van der Waals surface area contributed by atoms with Gasteiger partial charge in [0.2, 0.25) is 0 Å². The van der Waals surface area contributed by atoms with Crippen LogP contribution in [0.5, 0.6) is 0 Å². The number of ether oxygens (including phenoxy) is 2. The molecule has 0 amide bonds. The Hall–Kier alpha value is -2.10. The van der Waals surface area contributed by atoms with E-state index in [0.717, 1.165) is 43.8 Å². The first-order chi connectivity index (χ1) is 16.1. The molecule has 2 fully saturated rings. The maximum atomic E-state index is 13.2. The van der Waals surface area contributed by atoms with Crippen LogP contribution in [0.25, 0.3) is 0 Å². The molecule has 2 aromatic carbocycles. The van der Waals surface area contributed by atoms with E-state index in [2.05, 4.69) is 4.90 Å². The summed E-state index contributed by atoms with van der Waals surface area (Å²) < 4.78 is 90.7. The minimum Gasteiger partial charge on any atom is -0.379 e. The molecule has 0 N–H and O–H groups in total. The van der Waals surface area contributed by atoms with E-state index in [1.807, 2.05) is 30.3 Å². The van der Waals surface area contributed by atoms with Gasteiger partial charge in [0.25, 0.3) is 0 Å². The molecule has 3 nitrogen and oxygen atoms in total. The molecule has 2 aliphatic rings. The molecule has 0 bridgehead atoms. The lowest BCUT2D eigenvalue weighted by Crippen LogP contribution is -2.40. The number of morpholine rings is 1. The zero-order valence-corrected chi connectivity index (χ0v) is 18.5. The average molecular weight is 487 g/mol. The van der Waals surface area contributed by atoms with Crippen LogP contribution in [0.1, 0.15) is 41.0 Å².